The Hall–Kier alpha value is -1.79. The maximum absolute atomic E-state index is 12.5. The Balaban J connectivity index is 2.05. The third-order valence-corrected chi connectivity index (χ3v) is 4.55. The van der Waals surface area contributed by atoms with E-state index < -0.39 is 12.0 Å². The highest BCUT2D eigenvalue weighted by atomic mass is 16.4. The second-order valence-corrected chi connectivity index (χ2v) is 6.09. The van der Waals surface area contributed by atoms with Gasteiger partial charge in [-0.3, -0.25) is 9.69 Å². The summed E-state index contributed by atoms with van der Waals surface area (Å²) in [5.41, 5.74) is 0. The molecule has 0 spiro atoms. The minimum absolute atomic E-state index is 0.0323. The van der Waals surface area contributed by atoms with Gasteiger partial charge in [0.05, 0.1) is 0 Å². The predicted octanol–water partition coefficient (Wildman–Crippen LogP) is 0.502. The summed E-state index contributed by atoms with van der Waals surface area (Å²) in [4.78, 5) is 38.1. The quantitative estimate of drug-likeness (QED) is 0.776. The zero-order valence-electron chi connectivity index (χ0n) is 12.5. The third-order valence-electron chi connectivity index (χ3n) is 4.55. The van der Waals surface area contributed by atoms with Crippen molar-refractivity contribution in [1.82, 2.24) is 15.1 Å². The van der Waals surface area contributed by atoms with Crippen LogP contribution in [0, 0.1) is 5.92 Å². The summed E-state index contributed by atoms with van der Waals surface area (Å²) in [5, 5.41) is 11.7. The normalized spacial score (nSPS) is 29.7. The second-order valence-electron chi connectivity index (χ2n) is 6.09. The van der Waals surface area contributed by atoms with Crippen LogP contribution in [0.4, 0.5) is 4.79 Å². The lowest BCUT2D eigenvalue weighted by atomic mass is 9.87. The van der Waals surface area contributed by atoms with Gasteiger partial charge in [-0.1, -0.05) is 6.92 Å². The molecular formula is C14H23N3O4. The van der Waals surface area contributed by atoms with E-state index in [1.54, 1.807) is 11.9 Å². The van der Waals surface area contributed by atoms with Gasteiger partial charge in [0.1, 0.15) is 12.6 Å². The molecule has 0 radical (unpaired) electrons. The first-order valence-electron chi connectivity index (χ1n) is 7.43. The number of hydrogen-bond acceptors (Lipinski definition) is 3. The first-order chi connectivity index (χ1) is 9.90. The van der Waals surface area contributed by atoms with Gasteiger partial charge >= 0.3 is 12.0 Å². The van der Waals surface area contributed by atoms with Crippen molar-refractivity contribution in [2.24, 2.45) is 5.92 Å². The lowest BCUT2D eigenvalue weighted by molar-refractivity contribution is -0.144. The summed E-state index contributed by atoms with van der Waals surface area (Å²) in [5.74, 6) is -0.724. The van der Waals surface area contributed by atoms with Crippen LogP contribution in [0.2, 0.25) is 0 Å². The zero-order chi connectivity index (χ0) is 15.6. The number of carbonyl (C=O) groups excluding carboxylic acids is 2. The number of rotatable bonds is 2. The van der Waals surface area contributed by atoms with Crippen molar-refractivity contribution in [3.63, 3.8) is 0 Å². The molecule has 0 aromatic carbocycles. The molecule has 7 heteroatoms. The summed E-state index contributed by atoms with van der Waals surface area (Å²) >= 11 is 0. The summed E-state index contributed by atoms with van der Waals surface area (Å²) in [6, 6.07) is -1.22. The highest BCUT2D eigenvalue weighted by Crippen LogP contribution is 2.27. The molecule has 2 aliphatic rings. The van der Waals surface area contributed by atoms with E-state index in [1.165, 1.54) is 4.90 Å². The Morgan fingerprint density at radius 3 is 2.48 bits per heavy atom. The highest BCUT2D eigenvalue weighted by molar-refractivity contribution is 5.90. The third kappa shape index (κ3) is 3.46. The standard InChI is InChI=1S/C14H23N3O4/c1-9-3-5-10(6-4-9)16(2)14(21)17-8-12(18)15-7-11(17)13(19)20/h9-11H,3-8H2,1-2H3,(H,15,18)(H,19,20). The van der Waals surface area contributed by atoms with Crippen LogP contribution in [0.1, 0.15) is 32.6 Å². The van der Waals surface area contributed by atoms with E-state index >= 15 is 0 Å². The monoisotopic (exact) mass is 297 g/mol. The molecule has 118 valence electrons. The van der Waals surface area contributed by atoms with Crippen LogP contribution < -0.4 is 5.32 Å². The minimum Gasteiger partial charge on any atom is -0.480 e. The SMILES string of the molecule is CC1CCC(N(C)C(=O)N2CC(=O)NCC2C(=O)O)CC1. The maximum Gasteiger partial charge on any atom is 0.328 e. The molecule has 2 N–H and O–H groups in total. The molecule has 1 saturated carbocycles. The number of aliphatic carboxylic acids is 1. The number of nitrogens with zero attached hydrogens (tertiary/aromatic N) is 2. The second kappa shape index (κ2) is 6.32. The van der Waals surface area contributed by atoms with Crippen molar-refractivity contribution in [2.45, 2.75) is 44.7 Å². The van der Waals surface area contributed by atoms with Crippen LogP contribution >= 0.6 is 0 Å². The van der Waals surface area contributed by atoms with Crippen LogP contribution in [0.15, 0.2) is 0 Å². The zero-order valence-corrected chi connectivity index (χ0v) is 12.5. The topological polar surface area (TPSA) is 90.0 Å². The molecule has 1 saturated heterocycles. The Labute approximate surface area is 124 Å². The van der Waals surface area contributed by atoms with Gasteiger partial charge in [-0.05, 0) is 31.6 Å². The average Bonchev–Trinajstić information content (AvgIpc) is 2.46. The summed E-state index contributed by atoms with van der Waals surface area (Å²) < 4.78 is 0. The lowest BCUT2D eigenvalue weighted by Gasteiger charge is -2.39. The molecule has 7 nitrogen and oxygen atoms in total. The first-order valence-corrected chi connectivity index (χ1v) is 7.43. The van der Waals surface area contributed by atoms with Gasteiger partial charge in [0.15, 0.2) is 0 Å². The van der Waals surface area contributed by atoms with Crippen molar-refractivity contribution in [2.75, 3.05) is 20.1 Å². The molecule has 2 fully saturated rings. The Morgan fingerprint density at radius 2 is 1.90 bits per heavy atom. The van der Waals surface area contributed by atoms with Gasteiger partial charge in [-0.15, -0.1) is 0 Å². The molecule has 3 amide bonds. The number of urea groups is 1. The molecule has 1 aliphatic carbocycles. The van der Waals surface area contributed by atoms with Gasteiger partial charge in [0.2, 0.25) is 5.91 Å². The Bertz CT molecular complexity index is 432. The molecule has 1 atom stereocenters. The first kappa shape index (κ1) is 15.6. The maximum atomic E-state index is 12.5. The summed E-state index contributed by atoms with van der Waals surface area (Å²) in [6.45, 7) is 1.98. The lowest BCUT2D eigenvalue weighted by Crippen LogP contribution is -2.62. The fourth-order valence-electron chi connectivity index (χ4n) is 3.05. The molecule has 1 heterocycles. The number of carboxylic acid groups (broad SMARTS) is 1. The van der Waals surface area contributed by atoms with Crippen molar-refractivity contribution in [3.8, 4) is 0 Å². The number of carboxylic acids is 1. The Kier molecular flexibility index (Phi) is 4.69. The molecule has 0 aromatic heterocycles. The highest BCUT2D eigenvalue weighted by Gasteiger charge is 2.38. The van der Waals surface area contributed by atoms with Gasteiger partial charge in [-0.2, -0.15) is 0 Å². The van der Waals surface area contributed by atoms with E-state index in [0.29, 0.717) is 5.92 Å². The summed E-state index contributed by atoms with van der Waals surface area (Å²) in [7, 11) is 1.70. The smallest absolute Gasteiger partial charge is 0.328 e. The molecule has 2 rings (SSSR count). The van der Waals surface area contributed by atoms with Crippen LogP contribution in [0.5, 0.6) is 0 Å². The van der Waals surface area contributed by atoms with Crippen molar-refractivity contribution < 1.29 is 19.5 Å². The number of piperazine rings is 1. The van der Waals surface area contributed by atoms with Gasteiger partial charge in [0.25, 0.3) is 0 Å². The number of nitrogens with one attached hydrogen (secondary N) is 1. The van der Waals surface area contributed by atoms with E-state index in [4.69, 9.17) is 0 Å². The number of carbonyl (C=O) groups is 3. The van der Waals surface area contributed by atoms with Crippen LogP contribution in [-0.4, -0.2) is 65.0 Å². The molecule has 0 bridgehead atoms. The van der Waals surface area contributed by atoms with Crippen LogP contribution in [0.3, 0.4) is 0 Å². The summed E-state index contributed by atoms with van der Waals surface area (Å²) in [6.07, 6.45) is 4.01. The van der Waals surface area contributed by atoms with Gasteiger partial charge < -0.3 is 15.3 Å². The molecule has 0 aromatic rings. The van der Waals surface area contributed by atoms with E-state index in [9.17, 15) is 19.5 Å². The number of amides is 3. The van der Waals surface area contributed by atoms with Crippen molar-refractivity contribution >= 4 is 17.9 Å². The fraction of sp³-hybridized carbons (Fsp3) is 0.786. The molecule has 1 unspecified atom stereocenters. The number of hydrogen-bond donors (Lipinski definition) is 2. The van der Waals surface area contributed by atoms with E-state index in [-0.39, 0.29) is 31.1 Å². The fourth-order valence-corrected chi connectivity index (χ4v) is 3.05. The molecular weight excluding hydrogens is 274 g/mol. The van der Waals surface area contributed by atoms with Gasteiger partial charge in [-0.25, -0.2) is 9.59 Å². The van der Waals surface area contributed by atoms with E-state index in [2.05, 4.69) is 12.2 Å². The van der Waals surface area contributed by atoms with Crippen LogP contribution in [-0.2, 0) is 9.59 Å². The van der Waals surface area contributed by atoms with E-state index in [0.717, 1.165) is 25.7 Å². The predicted molar refractivity (Wildman–Crippen MR) is 75.7 cm³/mol. The molecule has 1 aliphatic heterocycles. The van der Waals surface area contributed by atoms with Gasteiger partial charge in [0, 0.05) is 19.6 Å². The minimum atomic E-state index is -1.09. The van der Waals surface area contributed by atoms with Crippen LogP contribution in [0.25, 0.3) is 0 Å². The Morgan fingerprint density at radius 1 is 1.29 bits per heavy atom. The van der Waals surface area contributed by atoms with Crippen molar-refractivity contribution in [3.05, 3.63) is 0 Å². The van der Waals surface area contributed by atoms with Crippen molar-refractivity contribution in [1.29, 1.82) is 0 Å². The largest absolute Gasteiger partial charge is 0.480 e. The average molecular weight is 297 g/mol. The van der Waals surface area contributed by atoms with E-state index in [1.807, 2.05) is 0 Å². The molecule has 21 heavy (non-hydrogen) atoms.